The van der Waals surface area contributed by atoms with Gasteiger partial charge in [0.25, 0.3) is 0 Å². The number of fused-ring (bicyclic) bond motifs is 1. The smallest absolute Gasteiger partial charge is 0.341 e. The molecule has 0 saturated carbocycles. The van der Waals surface area contributed by atoms with Crippen molar-refractivity contribution in [3.05, 3.63) is 39.6 Å². The van der Waals surface area contributed by atoms with E-state index >= 15 is 0 Å². The van der Waals surface area contributed by atoms with Crippen LogP contribution in [0.3, 0.4) is 0 Å². The topological polar surface area (TPSA) is 39.2 Å². The number of pyridine rings is 1. The molecular weight excluding hydrogens is 293 g/mol. The van der Waals surface area contributed by atoms with Gasteiger partial charge in [0.1, 0.15) is 10.7 Å². The molecule has 0 N–H and O–H groups in total. The fraction of sp³-hybridized carbons (Fsp3) is 0.0909. The van der Waals surface area contributed by atoms with Gasteiger partial charge in [-0.25, -0.2) is 9.78 Å². The third-order valence-electron chi connectivity index (χ3n) is 2.21. The lowest BCUT2D eigenvalue weighted by molar-refractivity contribution is 0.0602. The number of rotatable bonds is 1. The predicted molar refractivity (Wildman–Crippen MR) is 65.8 cm³/mol. The number of benzene rings is 1. The molecule has 0 amide bonds. The van der Waals surface area contributed by atoms with Gasteiger partial charge in [0.05, 0.1) is 7.11 Å². The number of ether oxygens (including phenoxy) is 1. The Kier molecular flexibility index (Phi) is 3.12. The molecule has 0 aliphatic heterocycles. The van der Waals surface area contributed by atoms with E-state index in [9.17, 15) is 4.79 Å². The Morgan fingerprint density at radius 1 is 1.50 bits per heavy atom. The van der Waals surface area contributed by atoms with Gasteiger partial charge in [-0.3, -0.25) is 0 Å². The highest BCUT2D eigenvalue weighted by atomic mass is 79.9. The van der Waals surface area contributed by atoms with Gasteiger partial charge in [-0.1, -0.05) is 39.7 Å². The third kappa shape index (κ3) is 1.79. The van der Waals surface area contributed by atoms with Gasteiger partial charge in [-0.2, -0.15) is 0 Å². The fourth-order valence-corrected chi connectivity index (χ4v) is 2.29. The van der Waals surface area contributed by atoms with Crippen LogP contribution in [0.2, 0.25) is 5.15 Å². The van der Waals surface area contributed by atoms with E-state index in [0.717, 1.165) is 9.86 Å². The summed E-state index contributed by atoms with van der Waals surface area (Å²) in [5, 5.41) is 1.69. The zero-order valence-corrected chi connectivity index (χ0v) is 10.7. The van der Waals surface area contributed by atoms with Crippen LogP contribution in [0.25, 0.3) is 10.8 Å². The van der Waals surface area contributed by atoms with E-state index in [-0.39, 0.29) is 10.7 Å². The normalized spacial score (nSPS) is 10.4. The number of carbonyl (C=O) groups excluding carboxylic acids is 1. The quantitative estimate of drug-likeness (QED) is 0.598. The highest BCUT2D eigenvalue weighted by molar-refractivity contribution is 9.10. The molecule has 3 nitrogen and oxygen atoms in total. The largest absolute Gasteiger partial charge is 0.465 e. The van der Waals surface area contributed by atoms with Crippen LogP contribution in [0.15, 0.2) is 28.9 Å². The Morgan fingerprint density at radius 2 is 2.25 bits per heavy atom. The molecule has 0 radical (unpaired) electrons. The van der Waals surface area contributed by atoms with Gasteiger partial charge < -0.3 is 4.74 Å². The average Bonchev–Trinajstić information content (AvgIpc) is 2.29. The number of carbonyl (C=O) groups is 1. The Labute approximate surface area is 106 Å². The maximum absolute atomic E-state index is 11.6. The molecule has 1 aromatic heterocycles. The lowest BCUT2D eigenvalue weighted by Gasteiger charge is -2.07. The molecule has 1 aromatic carbocycles. The second-order valence-corrected chi connectivity index (χ2v) is 4.33. The molecule has 0 spiro atoms. The minimum atomic E-state index is -0.491. The lowest BCUT2D eigenvalue weighted by Crippen LogP contribution is -2.04. The van der Waals surface area contributed by atoms with Gasteiger partial charge in [-0.15, -0.1) is 0 Å². The molecule has 0 atom stereocenters. The summed E-state index contributed by atoms with van der Waals surface area (Å²) < 4.78 is 5.48. The van der Waals surface area contributed by atoms with Gasteiger partial charge in [0.2, 0.25) is 0 Å². The zero-order chi connectivity index (χ0) is 11.7. The molecule has 0 fully saturated rings. The molecule has 1 heterocycles. The molecule has 2 rings (SSSR count). The second-order valence-electron chi connectivity index (χ2n) is 3.12. The highest BCUT2D eigenvalue weighted by Gasteiger charge is 2.17. The molecule has 5 heteroatoms. The number of hydrogen-bond acceptors (Lipinski definition) is 3. The molecule has 2 aromatic rings. The summed E-state index contributed by atoms with van der Waals surface area (Å²) in [5.74, 6) is -0.491. The first-order valence-corrected chi connectivity index (χ1v) is 5.63. The van der Waals surface area contributed by atoms with E-state index in [4.69, 9.17) is 16.3 Å². The van der Waals surface area contributed by atoms with Gasteiger partial charge >= 0.3 is 5.97 Å². The standard InChI is InChI=1S/C11H7BrClNO2/c1-16-11(15)9-8-6(5-14-10(9)13)3-2-4-7(8)12/h2-5H,1H3. The van der Waals surface area contributed by atoms with Crippen LogP contribution in [0.5, 0.6) is 0 Å². The molecule has 0 aliphatic rings. The molecule has 16 heavy (non-hydrogen) atoms. The van der Waals surface area contributed by atoms with Crippen molar-refractivity contribution in [1.82, 2.24) is 4.98 Å². The monoisotopic (exact) mass is 299 g/mol. The Bertz CT molecular complexity index is 571. The molecule has 0 bridgehead atoms. The molecule has 0 aliphatic carbocycles. The average molecular weight is 301 g/mol. The van der Waals surface area contributed by atoms with Crippen LogP contribution in [-0.4, -0.2) is 18.1 Å². The second kappa shape index (κ2) is 4.39. The van der Waals surface area contributed by atoms with Crippen LogP contribution in [0.4, 0.5) is 0 Å². The summed E-state index contributed by atoms with van der Waals surface area (Å²) >= 11 is 9.30. The minimum absolute atomic E-state index is 0.145. The minimum Gasteiger partial charge on any atom is -0.465 e. The molecule has 0 saturated heterocycles. The number of methoxy groups -OCH3 is 1. The first-order chi connectivity index (χ1) is 7.65. The van der Waals surface area contributed by atoms with Crippen molar-refractivity contribution < 1.29 is 9.53 Å². The van der Waals surface area contributed by atoms with Crippen molar-refractivity contribution in [2.24, 2.45) is 0 Å². The Hall–Kier alpha value is -1.13. The number of nitrogens with zero attached hydrogens (tertiary/aromatic N) is 1. The van der Waals surface area contributed by atoms with Crippen LogP contribution < -0.4 is 0 Å². The van der Waals surface area contributed by atoms with Crippen LogP contribution >= 0.6 is 27.5 Å². The first-order valence-electron chi connectivity index (χ1n) is 4.46. The third-order valence-corrected chi connectivity index (χ3v) is 3.16. The van der Waals surface area contributed by atoms with Crippen LogP contribution in [0.1, 0.15) is 10.4 Å². The maximum atomic E-state index is 11.6. The molecule has 0 unspecified atom stereocenters. The summed E-state index contributed by atoms with van der Waals surface area (Å²) in [5.41, 5.74) is 0.286. The first kappa shape index (κ1) is 11.4. The zero-order valence-electron chi connectivity index (χ0n) is 8.33. The highest BCUT2D eigenvalue weighted by Crippen LogP contribution is 2.30. The van der Waals surface area contributed by atoms with Gasteiger partial charge in [0, 0.05) is 21.4 Å². The summed E-state index contributed by atoms with van der Waals surface area (Å²) in [4.78, 5) is 15.6. The van der Waals surface area contributed by atoms with Crippen LogP contribution in [-0.2, 0) is 4.74 Å². The number of hydrogen-bond donors (Lipinski definition) is 0. The van der Waals surface area contributed by atoms with E-state index in [1.807, 2.05) is 18.2 Å². The van der Waals surface area contributed by atoms with Crippen molar-refractivity contribution in [2.75, 3.05) is 7.11 Å². The number of esters is 1. The van der Waals surface area contributed by atoms with Crippen LogP contribution in [0, 0.1) is 0 Å². The van der Waals surface area contributed by atoms with Crippen molar-refractivity contribution in [3.8, 4) is 0 Å². The summed E-state index contributed by atoms with van der Waals surface area (Å²) in [7, 11) is 1.31. The van der Waals surface area contributed by atoms with E-state index in [1.54, 1.807) is 6.20 Å². The number of halogens is 2. The Morgan fingerprint density at radius 3 is 2.94 bits per heavy atom. The lowest BCUT2D eigenvalue weighted by atomic mass is 10.1. The summed E-state index contributed by atoms with van der Waals surface area (Å²) in [6, 6.07) is 5.56. The SMILES string of the molecule is COC(=O)c1c(Cl)ncc2cccc(Br)c12. The van der Waals surface area contributed by atoms with E-state index in [2.05, 4.69) is 20.9 Å². The predicted octanol–water partition coefficient (Wildman–Crippen LogP) is 3.44. The van der Waals surface area contributed by atoms with Crippen molar-refractivity contribution >= 4 is 44.3 Å². The maximum Gasteiger partial charge on any atom is 0.341 e. The van der Waals surface area contributed by atoms with E-state index < -0.39 is 5.97 Å². The van der Waals surface area contributed by atoms with E-state index in [0.29, 0.717) is 5.39 Å². The van der Waals surface area contributed by atoms with Crippen molar-refractivity contribution in [2.45, 2.75) is 0 Å². The number of aromatic nitrogens is 1. The summed E-state index contributed by atoms with van der Waals surface area (Å²) in [6.45, 7) is 0. The summed E-state index contributed by atoms with van der Waals surface area (Å²) in [6.07, 6.45) is 1.62. The van der Waals surface area contributed by atoms with E-state index in [1.165, 1.54) is 7.11 Å². The van der Waals surface area contributed by atoms with Crippen molar-refractivity contribution in [1.29, 1.82) is 0 Å². The van der Waals surface area contributed by atoms with Gasteiger partial charge in [-0.05, 0) is 6.07 Å². The molecular formula is C11H7BrClNO2. The van der Waals surface area contributed by atoms with Gasteiger partial charge in [0.15, 0.2) is 0 Å². The Balaban J connectivity index is 2.88. The van der Waals surface area contributed by atoms with Crippen molar-refractivity contribution in [3.63, 3.8) is 0 Å². The molecule has 82 valence electrons. The fourth-order valence-electron chi connectivity index (χ4n) is 1.49.